The molecule has 3 aromatic carbocycles. The van der Waals surface area contributed by atoms with Gasteiger partial charge in [-0.2, -0.15) is 0 Å². The maximum Gasteiger partial charge on any atom is 0.258 e. The Morgan fingerprint density at radius 2 is 1.96 bits per heavy atom. The van der Waals surface area contributed by atoms with E-state index in [1.165, 1.54) is 30.3 Å². The number of hydrogen-bond acceptors (Lipinski definition) is 9. The minimum atomic E-state index is -0.706. The molecular weight excluding hydrogens is 585 g/mol. The Balaban J connectivity index is 1.34. The van der Waals surface area contributed by atoms with Crippen LogP contribution in [0.15, 0.2) is 67.0 Å². The number of nitrogens with one attached hydrogen (secondary N) is 2. The number of likely N-dealkylation sites (tertiary alicyclic amines) is 1. The highest BCUT2D eigenvalue weighted by Gasteiger charge is 2.35. The maximum absolute atomic E-state index is 15.1. The number of rotatable bonds is 3. The predicted octanol–water partition coefficient (Wildman–Crippen LogP) is 1.97. The van der Waals surface area contributed by atoms with Gasteiger partial charge >= 0.3 is 0 Å². The summed E-state index contributed by atoms with van der Waals surface area (Å²) < 4.78 is 34.0. The molecule has 4 aromatic rings. The number of tetrazole rings is 1. The highest BCUT2D eigenvalue weighted by atomic mass is 19.1. The number of piperidine rings is 1. The van der Waals surface area contributed by atoms with Crippen LogP contribution >= 0.6 is 0 Å². The van der Waals surface area contributed by atoms with Crippen molar-refractivity contribution >= 4 is 17.7 Å². The van der Waals surface area contributed by atoms with E-state index >= 15 is 4.39 Å². The summed E-state index contributed by atoms with van der Waals surface area (Å²) in [6.45, 7) is 0.363. The quantitative estimate of drug-likeness (QED) is 0.353. The average Bonchev–Trinajstić information content (AvgIpc) is 3.56. The fourth-order valence-corrected chi connectivity index (χ4v) is 5.33. The van der Waals surface area contributed by atoms with Gasteiger partial charge in [-0.1, -0.05) is 18.2 Å². The molecule has 1 fully saturated rings. The monoisotopic (exact) mass is 615 g/mol. The van der Waals surface area contributed by atoms with E-state index in [-0.39, 0.29) is 43.6 Å². The molecule has 2 atom stereocenters. The fraction of sp³-hybridized carbons (Fsp3) is 0.290. The van der Waals surface area contributed by atoms with Crippen LogP contribution in [0, 0.1) is 5.82 Å². The van der Waals surface area contributed by atoms with Crippen molar-refractivity contribution in [2.45, 2.75) is 31.7 Å². The Morgan fingerprint density at radius 1 is 1.09 bits per heavy atom. The van der Waals surface area contributed by atoms with Crippen LogP contribution in [-0.2, 0) is 22.7 Å². The minimum Gasteiger partial charge on any atom is -0.496 e. The lowest BCUT2D eigenvalue weighted by atomic mass is 9.99. The van der Waals surface area contributed by atoms with Crippen LogP contribution in [0.1, 0.15) is 22.3 Å². The fourth-order valence-electron chi connectivity index (χ4n) is 5.33. The SMILES string of the molecule is COc1cc2ccc1CNC(=O)COc1cccc(c1)-c1ccc(F)c(c1)C(=O)N[C@@H]1CN(C(=O)Cn3cnnn3)CC[C@@H]1O2. The topological polar surface area (TPSA) is 150 Å². The van der Waals surface area contributed by atoms with Gasteiger partial charge in [-0.3, -0.25) is 14.4 Å². The molecule has 45 heavy (non-hydrogen) atoms. The largest absolute Gasteiger partial charge is 0.496 e. The summed E-state index contributed by atoms with van der Waals surface area (Å²) in [5.74, 6) is -0.555. The van der Waals surface area contributed by atoms with E-state index in [2.05, 4.69) is 26.2 Å². The molecule has 3 amide bonds. The molecule has 2 N–H and O–H groups in total. The molecule has 14 heteroatoms. The first-order valence-electron chi connectivity index (χ1n) is 14.3. The molecule has 0 saturated carbocycles. The molecule has 1 saturated heterocycles. The van der Waals surface area contributed by atoms with E-state index in [1.54, 1.807) is 53.4 Å². The van der Waals surface area contributed by atoms with Gasteiger partial charge < -0.3 is 29.7 Å². The van der Waals surface area contributed by atoms with Gasteiger partial charge in [0.2, 0.25) is 5.91 Å². The second-order valence-corrected chi connectivity index (χ2v) is 10.6. The van der Waals surface area contributed by atoms with Gasteiger partial charge in [0.1, 0.15) is 42.0 Å². The molecule has 4 heterocycles. The summed E-state index contributed by atoms with van der Waals surface area (Å²) in [6, 6.07) is 15.7. The maximum atomic E-state index is 15.1. The molecule has 3 aliphatic rings. The predicted molar refractivity (Wildman–Crippen MR) is 157 cm³/mol. The van der Waals surface area contributed by atoms with Crippen molar-refractivity contribution < 1.29 is 33.0 Å². The summed E-state index contributed by atoms with van der Waals surface area (Å²) in [4.78, 5) is 40.9. The van der Waals surface area contributed by atoms with E-state index in [9.17, 15) is 14.4 Å². The molecule has 13 nitrogen and oxygen atoms in total. The normalized spacial score (nSPS) is 18.5. The van der Waals surface area contributed by atoms with Gasteiger partial charge in [0.15, 0.2) is 6.61 Å². The third-order valence-electron chi connectivity index (χ3n) is 7.68. The van der Waals surface area contributed by atoms with Crippen molar-refractivity contribution in [3.05, 3.63) is 83.9 Å². The Labute approximate surface area is 257 Å². The molecule has 232 valence electrons. The summed E-state index contributed by atoms with van der Waals surface area (Å²) in [7, 11) is 1.51. The summed E-state index contributed by atoms with van der Waals surface area (Å²) >= 11 is 0. The molecular formula is C31H30FN7O6. The minimum absolute atomic E-state index is 0.0756. The van der Waals surface area contributed by atoms with Crippen LogP contribution in [0.4, 0.5) is 4.39 Å². The molecule has 1 aromatic heterocycles. The van der Waals surface area contributed by atoms with Crippen LogP contribution < -0.4 is 24.8 Å². The Morgan fingerprint density at radius 3 is 2.78 bits per heavy atom. The lowest BCUT2D eigenvalue weighted by Gasteiger charge is -2.39. The lowest BCUT2D eigenvalue weighted by molar-refractivity contribution is -0.134. The first-order chi connectivity index (χ1) is 21.9. The average molecular weight is 616 g/mol. The summed E-state index contributed by atoms with van der Waals surface area (Å²) in [5.41, 5.74) is 1.79. The van der Waals surface area contributed by atoms with Gasteiger partial charge in [0, 0.05) is 37.7 Å². The number of nitrogens with zero attached hydrogens (tertiary/aromatic N) is 5. The van der Waals surface area contributed by atoms with Crippen LogP contribution in [0.25, 0.3) is 11.1 Å². The molecule has 6 bridgehead atoms. The number of carbonyl (C=O) groups is 3. The van der Waals surface area contributed by atoms with Crippen molar-refractivity contribution in [3.8, 4) is 28.4 Å². The lowest BCUT2D eigenvalue weighted by Crippen LogP contribution is -2.58. The van der Waals surface area contributed by atoms with Crippen LogP contribution in [-0.4, -0.2) is 81.8 Å². The number of carbonyl (C=O) groups excluding carboxylic acids is 3. The van der Waals surface area contributed by atoms with Crippen LogP contribution in [0.3, 0.4) is 0 Å². The van der Waals surface area contributed by atoms with Crippen molar-refractivity contribution in [1.29, 1.82) is 0 Å². The molecule has 7 rings (SSSR count). The van der Waals surface area contributed by atoms with E-state index in [1.807, 2.05) is 0 Å². The van der Waals surface area contributed by atoms with Gasteiger partial charge in [0.05, 0.1) is 18.7 Å². The second kappa shape index (κ2) is 13.0. The molecule has 0 spiro atoms. The zero-order valence-electron chi connectivity index (χ0n) is 24.3. The van der Waals surface area contributed by atoms with Crippen molar-refractivity contribution in [3.63, 3.8) is 0 Å². The molecule has 0 aliphatic carbocycles. The van der Waals surface area contributed by atoms with E-state index in [0.29, 0.717) is 41.3 Å². The van der Waals surface area contributed by atoms with E-state index in [4.69, 9.17) is 14.2 Å². The number of benzene rings is 3. The third kappa shape index (κ3) is 6.84. The van der Waals surface area contributed by atoms with Gasteiger partial charge in [-0.05, 0) is 58.0 Å². The zero-order valence-corrected chi connectivity index (χ0v) is 24.3. The number of ether oxygens (including phenoxy) is 3. The zero-order chi connectivity index (χ0) is 31.3. The first kappa shape index (κ1) is 29.5. The summed E-state index contributed by atoms with van der Waals surface area (Å²) in [5, 5.41) is 16.6. The van der Waals surface area contributed by atoms with Gasteiger partial charge in [-0.25, -0.2) is 9.07 Å². The van der Waals surface area contributed by atoms with Crippen LogP contribution in [0.5, 0.6) is 17.2 Å². The number of aromatic nitrogens is 4. The molecule has 0 unspecified atom stereocenters. The van der Waals surface area contributed by atoms with Crippen molar-refractivity contribution in [2.24, 2.45) is 0 Å². The van der Waals surface area contributed by atoms with Crippen LogP contribution in [0.2, 0.25) is 0 Å². The summed E-state index contributed by atoms with van der Waals surface area (Å²) in [6.07, 6.45) is 1.16. The number of hydrogen-bond donors (Lipinski definition) is 2. The van der Waals surface area contributed by atoms with E-state index < -0.39 is 23.9 Å². The highest BCUT2D eigenvalue weighted by Crippen LogP contribution is 2.29. The highest BCUT2D eigenvalue weighted by molar-refractivity contribution is 5.96. The van der Waals surface area contributed by atoms with Crippen molar-refractivity contribution in [1.82, 2.24) is 35.7 Å². The molecule has 0 radical (unpaired) electrons. The second-order valence-electron chi connectivity index (χ2n) is 10.6. The standard InChI is InChI=1S/C31H30FN7O6/c1-43-28-13-23-7-5-21(28)14-33-29(40)17-44-22-4-2-3-19(11-22)20-6-8-25(32)24(12-20)31(42)35-26-15-38(10-9-27(26)45-23)30(41)16-39-18-34-36-37-39/h2-8,11-13,18,26-27H,9-10,14-17H2,1H3,(H,33,40)(H,35,42)/t26-,27+/m1/s1. The Bertz CT molecular complexity index is 1720. The Hall–Kier alpha value is -5.53. The van der Waals surface area contributed by atoms with Crippen molar-refractivity contribution in [2.75, 3.05) is 26.8 Å². The number of methoxy groups -OCH3 is 1. The smallest absolute Gasteiger partial charge is 0.258 e. The number of halogens is 1. The molecule has 3 aliphatic heterocycles. The van der Waals surface area contributed by atoms with E-state index in [0.717, 1.165) is 5.56 Å². The van der Waals surface area contributed by atoms with Gasteiger partial charge in [0.25, 0.3) is 11.8 Å². The number of amides is 3. The van der Waals surface area contributed by atoms with Gasteiger partial charge in [-0.15, -0.1) is 5.10 Å². The Kier molecular flexibility index (Phi) is 8.53. The number of fused-ring (bicyclic) bond motifs is 7. The third-order valence-corrected chi connectivity index (χ3v) is 7.68. The first-order valence-corrected chi connectivity index (χ1v) is 14.3.